The summed E-state index contributed by atoms with van der Waals surface area (Å²) in [6.07, 6.45) is 3.47. The maximum absolute atomic E-state index is 12.0. The van der Waals surface area contributed by atoms with Gasteiger partial charge in [0.15, 0.2) is 0 Å². The first kappa shape index (κ1) is 13.5. The molecule has 0 saturated heterocycles. The van der Waals surface area contributed by atoms with E-state index in [-0.39, 0.29) is 6.09 Å². The SMILES string of the molecule is CC(C)(C)OC(=O)N1CCN=C(Nn2cccc2)C1. The van der Waals surface area contributed by atoms with Gasteiger partial charge in [-0.25, -0.2) is 4.79 Å². The lowest BCUT2D eigenvalue weighted by Crippen LogP contribution is -2.46. The molecule has 0 aliphatic carbocycles. The Bertz CT molecular complexity index is 459. The highest BCUT2D eigenvalue weighted by atomic mass is 16.6. The standard InChI is InChI=1S/C13H20N4O2/c1-13(2,3)19-12(18)16-9-6-14-11(10-16)15-17-7-4-5-8-17/h4-5,7-8H,6,9-10H2,1-3H3,(H,14,15). The Morgan fingerprint density at radius 1 is 1.37 bits per heavy atom. The number of nitrogens with zero attached hydrogens (tertiary/aromatic N) is 3. The lowest BCUT2D eigenvalue weighted by molar-refractivity contribution is 0.0278. The monoisotopic (exact) mass is 264 g/mol. The second-order valence-corrected chi connectivity index (χ2v) is 5.43. The van der Waals surface area contributed by atoms with Gasteiger partial charge in [-0.1, -0.05) is 0 Å². The van der Waals surface area contributed by atoms with E-state index in [4.69, 9.17) is 4.74 Å². The van der Waals surface area contributed by atoms with Crippen LogP contribution in [0.25, 0.3) is 0 Å². The molecule has 1 aromatic heterocycles. The van der Waals surface area contributed by atoms with Crippen LogP contribution in [0.3, 0.4) is 0 Å². The van der Waals surface area contributed by atoms with Gasteiger partial charge in [-0.15, -0.1) is 0 Å². The topological polar surface area (TPSA) is 58.9 Å². The number of rotatable bonds is 1. The summed E-state index contributed by atoms with van der Waals surface area (Å²) in [6, 6.07) is 3.84. The molecule has 6 nitrogen and oxygen atoms in total. The first-order valence-corrected chi connectivity index (χ1v) is 6.35. The number of nitrogens with one attached hydrogen (secondary N) is 1. The van der Waals surface area contributed by atoms with Crippen LogP contribution >= 0.6 is 0 Å². The van der Waals surface area contributed by atoms with E-state index in [1.54, 1.807) is 9.58 Å². The third-order valence-corrected chi connectivity index (χ3v) is 2.53. The first-order valence-electron chi connectivity index (χ1n) is 6.35. The molecule has 104 valence electrons. The molecule has 0 bridgehead atoms. The largest absolute Gasteiger partial charge is 0.444 e. The van der Waals surface area contributed by atoms with Crippen LogP contribution in [0.15, 0.2) is 29.5 Å². The molecule has 2 rings (SSSR count). The molecule has 1 aromatic rings. The molecule has 0 radical (unpaired) electrons. The van der Waals surface area contributed by atoms with Crippen molar-refractivity contribution < 1.29 is 9.53 Å². The number of amides is 1. The summed E-state index contributed by atoms with van der Waals surface area (Å²) in [7, 11) is 0. The third kappa shape index (κ3) is 4.01. The van der Waals surface area contributed by atoms with E-state index in [0.717, 1.165) is 5.84 Å². The molecule has 0 unspecified atom stereocenters. The number of carbonyl (C=O) groups excluding carboxylic acids is 1. The van der Waals surface area contributed by atoms with Gasteiger partial charge in [-0.05, 0) is 32.9 Å². The van der Waals surface area contributed by atoms with Crippen LogP contribution in [-0.4, -0.2) is 46.7 Å². The second kappa shape index (κ2) is 5.34. The van der Waals surface area contributed by atoms with Gasteiger partial charge >= 0.3 is 6.09 Å². The summed E-state index contributed by atoms with van der Waals surface area (Å²) < 4.78 is 7.16. The van der Waals surface area contributed by atoms with Crippen molar-refractivity contribution in [2.24, 2.45) is 4.99 Å². The van der Waals surface area contributed by atoms with Crippen molar-refractivity contribution in [1.29, 1.82) is 0 Å². The van der Waals surface area contributed by atoms with Gasteiger partial charge in [0.25, 0.3) is 0 Å². The summed E-state index contributed by atoms with van der Waals surface area (Å²) in [4.78, 5) is 18.0. The molecule has 6 heteroatoms. The van der Waals surface area contributed by atoms with E-state index in [1.165, 1.54) is 0 Å². The van der Waals surface area contributed by atoms with Crippen LogP contribution in [-0.2, 0) is 4.74 Å². The van der Waals surface area contributed by atoms with E-state index >= 15 is 0 Å². The quantitative estimate of drug-likeness (QED) is 0.839. The number of ether oxygens (including phenoxy) is 1. The van der Waals surface area contributed by atoms with Gasteiger partial charge < -0.3 is 4.74 Å². The van der Waals surface area contributed by atoms with Crippen molar-refractivity contribution >= 4 is 11.9 Å². The van der Waals surface area contributed by atoms with Crippen molar-refractivity contribution in [3.8, 4) is 0 Å². The lowest BCUT2D eigenvalue weighted by atomic mass is 10.2. The Balaban J connectivity index is 1.93. The van der Waals surface area contributed by atoms with Crippen LogP contribution in [0.1, 0.15) is 20.8 Å². The molecule has 0 fully saturated rings. The fraction of sp³-hybridized carbons (Fsp3) is 0.538. The van der Waals surface area contributed by atoms with Gasteiger partial charge in [0.2, 0.25) is 0 Å². The molecule has 0 spiro atoms. The number of hydrogen-bond acceptors (Lipinski definition) is 4. The number of aromatic nitrogens is 1. The minimum atomic E-state index is -0.473. The van der Waals surface area contributed by atoms with E-state index in [9.17, 15) is 4.79 Å². The fourth-order valence-electron chi connectivity index (χ4n) is 1.73. The number of amidine groups is 1. The number of hydrogen-bond donors (Lipinski definition) is 1. The van der Waals surface area contributed by atoms with Gasteiger partial charge in [0, 0.05) is 18.9 Å². The number of carbonyl (C=O) groups is 1. The molecule has 1 N–H and O–H groups in total. The van der Waals surface area contributed by atoms with Gasteiger partial charge in [-0.2, -0.15) is 0 Å². The average Bonchev–Trinajstić information content (AvgIpc) is 2.80. The van der Waals surface area contributed by atoms with Crippen molar-refractivity contribution in [3.63, 3.8) is 0 Å². The van der Waals surface area contributed by atoms with Crippen LogP contribution in [0.4, 0.5) is 4.79 Å². The van der Waals surface area contributed by atoms with Gasteiger partial charge in [0.1, 0.15) is 11.4 Å². The highest BCUT2D eigenvalue weighted by Gasteiger charge is 2.24. The van der Waals surface area contributed by atoms with Crippen molar-refractivity contribution in [2.75, 3.05) is 25.1 Å². The maximum Gasteiger partial charge on any atom is 0.410 e. The Labute approximate surface area is 113 Å². The third-order valence-electron chi connectivity index (χ3n) is 2.53. The number of aliphatic imine (C=N–C) groups is 1. The van der Waals surface area contributed by atoms with Crippen molar-refractivity contribution in [1.82, 2.24) is 9.58 Å². The Morgan fingerprint density at radius 2 is 2.05 bits per heavy atom. The summed E-state index contributed by atoms with van der Waals surface area (Å²) in [5, 5.41) is 0. The predicted molar refractivity (Wildman–Crippen MR) is 73.9 cm³/mol. The van der Waals surface area contributed by atoms with E-state index in [2.05, 4.69) is 10.4 Å². The summed E-state index contributed by atoms with van der Waals surface area (Å²) in [5.41, 5.74) is 2.65. The Hall–Kier alpha value is -1.98. The van der Waals surface area contributed by atoms with Crippen LogP contribution in [0, 0.1) is 0 Å². The molecular weight excluding hydrogens is 244 g/mol. The van der Waals surface area contributed by atoms with Crippen LogP contribution in [0.2, 0.25) is 0 Å². The van der Waals surface area contributed by atoms with Gasteiger partial charge in [0.05, 0.1) is 13.1 Å². The van der Waals surface area contributed by atoms with E-state index in [0.29, 0.717) is 19.6 Å². The summed E-state index contributed by atoms with van der Waals surface area (Å²) in [5.74, 6) is 0.758. The molecule has 0 saturated carbocycles. The maximum atomic E-state index is 12.0. The molecule has 0 atom stereocenters. The Kier molecular flexibility index (Phi) is 3.78. The zero-order chi connectivity index (χ0) is 13.9. The average molecular weight is 264 g/mol. The minimum Gasteiger partial charge on any atom is -0.444 e. The first-order chi connectivity index (χ1) is 8.94. The zero-order valence-electron chi connectivity index (χ0n) is 11.6. The van der Waals surface area contributed by atoms with Crippen molar-refractivity contribution in [3.05, 3.63) is 24.5 Å². The minimum absolute atomic E-state index is 0.297. The highest BCUT2D eigenvalue weighted by molar-refractivity contribution is 5.93. The van der Waals surface area contributed by atoms with E-state index < -0.39 is 5.60 Å². The zero-order valence-corrected chi connectivity index (χ0v) is 11.6. The molecule has 1 amide bonds. The molecule has 0 aromatic carbocycles. The predicted octanol–water partition coefficient (Wildman–Crippen LogP) is 1.68. The molecular formula is C13H20N4O2. The summed E-state index contributed by atoms with van der Waals surface area (Å²) >= 11 is 0. The molecule has 19 heavy (non-hydrogen) atoms. The Morgan fingerprint density at radius 3 is 2.68 bits per heavy atom. The van der Waals surface area contributed by atoms with E-state index in [1.807, 2.05) is 45.3 Å². The highest BCUT2D eigenvalue weighted by Crippen LogP contribution is 2.11. The fourth-order valence-corrected chi connectivity index (χ4v) is 1.73. The molecule has 1 aliphatic rings. The molecule has 1 aliphatic heterocycles. The van der Waals surface area contributed by atoms with Crippen molar-refractivity contribution in [2.45, 2.75) is 26.4 Å². The lowest BCUT2D eigenvalue weighted by Gasteiger charge is -2.29. The smallest absolute Gasteiger partial charge is 0.410 e. The van der Waals surface area contributed by atoms with Crippen LogP contribution in [0.5, 0.6) is 0 Å². The van der Waals surface area contributed by atoms with Crippen LogP contribution < -0.4 is 5.43 Å². The summed E-state index contributed by atoms with van der Waals surface area (Å²) in [6.45, 7) is 7.20. The normalized spacial score (nSPS) is 15.9. The molecule has 2 heterocycles. The van der Waals surface area contributed by atoms with Gasteiger partial charge in [-0.3, -0.25) is 20.0 Å². The second-order valence-electron chi connectivity index (χ2n) is 5.43.